The standard InChI is InChI=1S/C9H10Br2N2O2/c1-5-2-6(10)9(7(11)3-5)15-4-8(14)13-12/h2-3H,4,12H2,1H3,(H,13,14). The number of amides is 1. The Morgan fingerprint density at radius 1 is 1.47 bits per heavy atom. The third kappa shape index (κ3) is 3.48. The van der Waals surface area contributed by atoms with Gasteiger partial charge in [-0.05, 0) is 56.5 Å². The molecule has 1 amide bonds. The molecular formula is C9H10Br2N2O2. The first-order valence-electron chi connectivity index (χ1n) is 4.12. The van der Waals surface area contributed by atoms with Crippen LogP contribution in [0.3, 0.4) is 0 Å². The number of hydrogen-bond acceptors (Lipinski definition) is 3. The summed E-state index contributed by atoms with van der Waals surface area (Å²) in [6, 6.07) is 3.81. The molecule has 0 saturated carbocycles. The number of halogens is 2. The van der Waals surface area contributed by atoms with Crippen molar-refractivity contribution in [3.8, 4) is 5.75 Å². The largest absolute Gasteiger partial charge is 0.481 e. The zero-order valence-electron chi connectivity index (χ0n) is 8.01. The van der Waals surface area contributed by atoms with Crippen molar-refractivity contribution in [3.05, 3.63) is 26.6 Å². The summed E-state index contributed by atoms with van der Waals surface area (Å²) in [6.45, 7) is 1.85. The maximum absolute atomic E-state index is 10.9. The summed E-state index contributed by atoms with van der Waals surface area (Å²) in [7, 11) is 0. The first kappa shape index (κ1) is 12.5. The summed E-state index contributed by atoms with van der Waals surface area (Å²) in [5, 5.41) is 0. The van der Waals surface area contributed by atoms with E-state index in [1.807, 2.05) is 24.5 Å². The van der Waals surface area contributed by atoms with Gasteiger partial charge in [-0.2, -0.15) is 0 Å². The molecule has 1 aromatic rings. The Morgan fingerprint density at radius 3 is 2.47 bits per heavy atom. The van der Waals surface area contributed by atoms with Gasteiger partial charge in [-0.1, -0.05) is 0 Å². The van der Waals surface area contributed by atoms with Crippen LogP contribution >= 0.6 is 31.9 Å². The predicted molar refractivity (Wildman–Crippen MR) is 64.4 cm³/mol. The molecule has 0 bridgehead atoms. The molecule has 0 fully saturated rings. The lowest BCUT2D eigenvalue weighted by Crippen LogP contribution is -2.34. The highest BCUT2D eigenvalue weighted by Crippen LogP contribution is 2.34. The zero-order chi connectivity index (χ0) is 11.4. The van der Waals surface area contributed by atoms with Crippen LogP contribution in [0.4, 0.5) is 0 Å². The molecule has 0 heterocycles. The molecule has 3 N–H and O–H groups in total. The lowest BCUT2D eigenvalue weighted by atomic mass is 10.2. The van der Waals surface area contributed by atoms with Crippen LogP contribution in [0.25, 0.3) is 0 Å². The monoisotopic (exact) mass is 336 g/mol. The Morgan fingerprint density at radius 2 is 2.00 bits per heavy atom. The van der Waals surface area contributed by atoms with Crippen LogP contribution in [0.15, 0.2) is 21.1 Å². The van der Waals surface area contributed by atoms with Gasteiger partial charge in [0.15, 0.2) is 6.61 Å². The number of carbonyl (C=O) groups excluding carboxylic acids is 1. The normalized spacial score (nSPS) is 9.87. The van der Waals surface area contributed by atoms with Crippen molar-refractivity contribution in [3.63, 3.8) is 0 Å². The second-order valence-corrected chi connectivity index (χ2v) is 4.62. The Kier molecular flexibility index (Phi) is 4.56. The third-order valence-electron chi connectivity index (χ3n) is 1.65. The van der Waals surface area contributed by atoms with Gasteiger partial charge in [-0.15, -0.1) is 0 Å². The van der Waals surface area contributed by atoms with Crippen LogP contribution in [-0.2, 0) is 4.79 Å². The number of nitrogens with one attached hydrogen (secondary N) is 1. The Bertz CT molecular complexity index is 359. The molecular weight excluding hydrogens is 328 g/mol. The lowest BCUT2D eigenvalue weighted by molar-refractivity contribution is -0.123. The van der Waals surface area contributed by atoms with Gasteiger partial charge in [0.05, 0.1) is 8.95 Å². The van der Waals surface area contributed by atoms with E-state index in [9.17, 15) is 4.79 Å². The molecule has 0 spiro atoms. The number of carbonyl (C=O) groups is 1. The molecule has 0 radical (unpaired) electrons. The molecule has 0 aliphatic heterocycles. The number of hydrogen-bond donors (Lipinski definition) is 2. The van der Waals surface area contributed by atoms with Gasteiger partial charge in [-0.3, -0.25) is 10.2 Å². The van der Waals surface area contributed by atoms with Crippen LogP contribution in [-0.4, -0.2) is 12.5 Å². The predicted octanol–water partition coefficient (Wildman–Crippen LogP) is 1.89. The van der Waals surface area contributed by atoms with E-state index < -0.39 is 0 Å². The van der Waals surface area contributed by atoms with Crippen molar-refractivity contribution >= 4 is 37.8 Å². The highest BCUT2D eigenvalue weighted by atomic mass is 79.9. The molecule has 1 rings (SSSR count). The quantitative estimate of drug-likeness (QED) is 0.503. The van der Waals surface area contributed by atoms with Crippen molar-refractivity contribution in [2.75, 3.05) is 6.61 Å². The first-order valence-corrected chi connectivity index (χ1v) is 5.71. The van der Waals surface area contributed by atoms with Gasteiger partial charge in [0.2, 0.25) is 0 Å². The fourth-order valence-corrected chi connectivity index (χ4v) is 2.65. The van der Waals surface area contributed by atoms with Gasteiger partial charge in [0, 0.05) is 0 Å². The van der Waals surface area contributed by atoms with E-state index in [1.165, 1.54) is 0 Å². The van der Waals surface area contributed by atoms with Gasteiger partial charge in [-0.25, -0.2) is 5.84 Å². The van der Waals surface area contributed by atoms with E-state index in [1.54, 1.807) is 0 Å². The van der Waals surface area contributed by atoms with Crippen LogP contribution < -0.4 is 16.0 Å². The molecule has 0 atom stereocenters. The SMILES string of the molecule is Cc1cc(Br)c(OCC(=O)NN)c(Br)c1. The average Bonchev–Trinajstić information content (AvgIpc) is 2.15. The zero-order valence-corrected chi connectivity index (χ0v) is 11.2. The summed E-state index contributed by atoms with van der Waals surface area (Å²) in [6.07, 6.45) is 0. The molecule has 82 valence electrons. The molecule has 0 aliphatic carbocycles. The summed E-state index contributed by atoms with van der Waals surface area (Å²) in [5.74, 6) is 5.14. The molecule has 1 aromatic carbocycles. The number of hydrazine groups is 1. The molecule has 0 unspecified atom stereocenters. The Balaban J connectivity index is 2.81. The van der Waals surface area contributed by atoms with Gasteiger partial charge >= 0.3 is 0 Å². The summed E-state index contributed by atoms with van der Waals surface area (Å²) in [5.41, 5.74) is 3.08. The van der Waals surface area contributed by atoms with E-state index in [0.717, 1.165) is 14.5 Å². The van der Waals surface area contributed by atoms with E-state index in [4.69, 9.17) is 10.6 Å². The summed E-state index contributed by atoms with van der Waals surface area (Å²) < 4.78 is 6.87. The lowest BCUT2D eigenvalue weighted by Gasteiger charge is -2.10. The van der Waals surface area contributed by atoms with Crippen molar-refractivity contribution in [1.82, 2.24) is 5.43 Å². The van der Waals surface area contributed by atoms with Crippen LogP contribution in [0.1, 0.15) is 5.56 Å². The van der Waals surface area contributed by atoms with Crippen molar-refractivity contribution in [1.29, 1.82) is 0 Å². The average molecular weight is 338 g/mol. The smallest absolute Gasteiger partial charge is 0.271 e. The minimum Gasteiger partial charge on any atom is -0.481 e. The van der Waals surface area contributed by atoms with Crippen LogP contribution in [0.5, 0.6) is 5.75 Å². The first-order chi connectivity index (χ1) is 7.04. The molecule has 4 nitrogen and oxygen atoms in total. The number of ether oxygens (including phenoxy) is 1. The minimum absolute atomic E-state index is 0.114. The summed E-state index contributed by atoms with van der Waals surface area (Å²) in [4.78, 5) is 10.9. The maximum Gasteiger partial charge on any atom is 0.271 e. The van der Waals surface area contributed by atoms with E-state index in [2.05, 4.69) is 31.9 Å². The minimum atomic E-state index is -0.380. The molecule has 0 saturated heterocycles. The third-order valence-corrected chi connectivity index (χ3v) is 2.83. The second-order valence-electron chi connectivity index (χ2n) is 2.91. The van der Waals surface area contributed by atoms with Crippen LogP contribution in [0, 0.1) is 6.92 Å². The maximum atomic E-state index is 10.9. The number of nitrogens with two attached hydrogens (primary N) is 1. The molecule has 0 aromatic heterocycles. The van der Waals surface area contributed by atoms with E-state index in [-0.39, 0.29) is 12.5 Å². The van der Waals surface area contributed by atoms with Crippen molar-refractivity contribution in [2.45, 2.75) is 6.92 Å². The molecule has 0 aliphatic rings. The van der Waals surface area contributed by atoms with Crippen LogP contribution in [0.2, 0.25) is 0 Å². The topological polar surface area (TPSA) is 64.3 Å². The van der Waals surface area contributed by atoms with E-state index in [0.29, 0.717) is 5.75 Å². The Hall–Kier alpha value is -0.590. The summed E-state index contributed by atoms with van der Waals surface area (Å²) >= 11 is 6.70. The van der Waals surface area contributed by atoms with E-state index >= 15 is 0 Å². The van der Waals surface area contributed by atoms with Gasteiger partial charge in [0.25, 0.3) is 5.91 Å². The molecule has 15 heavy (non-hydrogen) atoms. The highest BCUT2D eigenvalue weighted by molar-refractivity contribution is 9.11. The van der Waals surface area contributed by atoms with Crippen molar-refractivity contribution < 1.29 is 9.53 Å². The fourth-order valence-electron chi connectivity index (χ4n) is 1.00. The Labute approximate surface area is 104 Å². The number of rotatable bonds is 3. The van der Waals surface area contributed by atoms with Gasteiger partial charge in [0.1, 0.15) is 5.75 Å². The molecule has 6 heteroatoms. The van der Waals surface area contributed by atoms with Crippen molar-refractivity contribution in [2.24, 2.45) is 5.84 Å². The highest BCUT2D eigenvalue weighted by Gasteiger charge is 2.09. The fraction of sp³-hybridized carbons (Fsp3) is 0.222. The number of aryl methyl sites for hydroxylation is 1. The van der Waals surface area contributed by atoms with Gasteiger partial charge < -0.3 is 4.74 Å². The number of benzene rings is 1. The second kappa shape index (κ2) is 5.48.